The molecule has 0 unspecified atom stereocenters. The Labute approximate surface area is 134 Å². The van der Waals surface area contributed by atoms with Gasteiger partial charge in [0.15, 0.2) is 0 Å². The lowest BCUT2D eigenvalue weighted by Crippen LogP contribution is -2.14. The van der Waals surface area contributed by atoms with Crippen LogP contribution in [0.2, 0.25) is 5.02 Å². The van der Waals surface area contributed by atoms with Crippen molar-refractivity contribution in [3.8, 4) is 0 Å². The van der Waals surface area contributed by atoms with Gasteiger partial charge in [-0.15, -0.1) is 0 Å². The second kappa shape index (κ2) is 6.24. The fraction of sp³-hybridized carbons (Fsp3) is 0.0714. The van der Waals surface area contributed by atoms with Gasteiger partial charge in [-0.2, -0.15) is 0 Å². The third kappa shape index (κ3) is 3.59. The summed E-state index contributed by atoms with van der Waals surface area (Å²) in [5, 5.41) is 13.9. The molecular weight excluding hydrogens is 360 g/mol. The minimum absolute atomic E-state index is 0.0770. The summed E-state index contributed by atoms with van der Waals surface area (Å²) in [6, 6.07) is 9.26. The van der Waals surface area contributed by atoms with Crippen LogP contribution in [0.15, 0.2) is 40.9 Å². The van der Waals surface area contributed by atoms with Crippen molar-refractivity contribution in [3.63, 3.8) is 0 Å². The van der Waals surface area contributed by atoms with Crippen LogP contribution in [-0.4, -0.2) is 10.8 Å². The van der Waals surface area contributed by atoms with Gasteiger partial charge in [0.05, 0.1) is 4.92 Å². The van der Waals surface area contributed by atoms with E-state index in [2.05, 4.69) is 21.2 Å². The molecule has 0 saturated carbocycles. The van der Waals surface area contributed by atoms with Crippen molar-refractivity contribution in [1.29, 1.82) is 0 Å². The van der Waals surface area contributed by atoms with E-state index in [9.17, 15) is 14.9 Å². The molecule has 0 atom stereocenters. The summed E-state index contributed by atoms with van der Waals surface area (Å²) >= 11 is 9.13. The Morgan fingerprint density at radius 2 is 2.00 bits per heavy atom. The maximum absolute atomic E-state index is 12.3. The van der Waals surface area contributed by atoms with Crippen LogP contribution in [0.5, 0.6) is 0 Å². The van der Waals surface area contributed by atoms with Gasteiger partial charge in [0.1, 0.15) is 5.56 Å². The minimum atomic E-state index is -0.612. The number of hydrogen-bond acceptors (Lipinski definition) is 3. The number of nitro groups is 1. The number of amides is 1. The molecule has 2 aromatic rings. The van der Waals surface area contributed by atoms with Gasteiger partial charge in [-0.1, -0.05) is 33.6 Å². The molecule has 0 aliphatic heterocycles. The molecule has 0 fully saturated rings. The number of carbonyl (C=O) groups is 1. The number of benzene rings is 2. The Bertz CT molecular complexity index is 734. The molecule has 1 amide bonds. The van der Waals surface area contributed by atoms with Crippen LogP contribution in [0.1, 0.15) is 15.9 Å². The Kier molecular flexibility index (Phi) is 4.59. The molecule has 108 valence electrons. The number of halogens is 2. The highest BCUT2D eigenvalue weighted by Gasteiger charge is 2.21. The molecule has 0 aliphatic carbocycles. The van der Waals surface area contributed by atoms with Crippen LogP contribution >= 0.6 is 27.5 Å². The first-order valence-electron chi connectivity index (χ1n) is 5.90. The lowest BCUT2D eigenvalue weighted by molar-refractivity contribution is -0.385. The summed E-state index contributed by atoms with van der Waals surface area (Å²) in [5.74, 6) is -0.578. The molecule has 7 heteroatoms. The number of nitrogens with zero attached hydrogens (tertiary/aromatic N) is 1. The van der Waals surface area contributed by atoms with Crippen LogP contribution in [0.3, 0.4) is 0 Å². The number of nitro benzene ring substituents is 1. The van der Waals surface area contributed by atoms with Crippen molar-refractivity contribution in [3.05, 3.63) is 67.1 Å². The second-order valence-electron chi connectivity index (χ2n) is 4.33. The van der Waals surface area contributed by atoms with Gasteiger partial charge in [0, 0.05) is 21.2 Å². The zero-order chi connectivity index (χ0) is 15.6. The molecule has 0 aromatic heterocycles. The monoisotopic (exact) mass is 368 g/mol. The average Bonchev–Trinajstić information content (AvgIpc) is 2.42. The summed E-state index contributed by atoms with van der Waals surface area (Å²) in [4.78, 5) is 22.6. The van der Waals surface area contributed by atoms with Crippen molar-refractivity contribution >= 4 is 44.8 Å². The quantitative estimate of drug-likeness (QED) is 0.636. The Morgan fingerprint density at radius 3 is 2.67 bits per heavy atom. The van der Waals surface area contributed by atoms with Crippen LogP contribution in [0.25, 0.3) is 0 Å². The van der Waals surface area contributed by atoms with Gasteiger partial charge in [-0.05, 0) is 36.8 Å². The summed E-state index contributed by atoms with van der Waals surface area (Å²) in [6.45, 7) is 1.83. The highest BCUT2D eigenvalue weighted by atomic mass is 79.9. The van der Waals surface area contributed by atoms with E-state index < -0.39 is 10.8 Å². The van der Waals surface area contributed by atoms with Gasteiger partial charge in [-0.25, -0.2) is 0 Å². The predicted octanol–water partition coefficient (Wildman–Crippen LogP) is 4.57. The van der Waals surface area contributed by atoms with Crippen molar-refractivity contribution < 1.29 is 9.72 Å². The van der Waals surface area contributed by atoms with Crippen LogP contribution in [0.4, 0.5) is 11.4 Å². The molecule has 0 heterocycles. The van der Waals surface area contributed by atoms with E-state index in [0.29, 0.717) is 5.69 Å². The smallest absolute Gasteiger partial charge is 0.282 e. The number of carbonyl (C=O) groups excluding carboxylic acids is 1. The van der Waals surface area contributed by atoms with E-state index in [1.165, 1.54) is 18.2 Å². The lowest BCUT2D eigenvalue weighted by atomic mass is 10.1. The first-order valence-corrected chi connectivity index (χ1v) is 7.07. The van der Waals surface area contributed by atoms with Crippen molar-refractivity contribution in [2.45, 2.75) is 6.92 Å². The van der Waals surface area contributed by atoms with Gasteiger partial charge >= 0.3 is 0 Å². The highest BCUT2D eigenvalue weighted by Crippen LogP contribution is 2.26. The number of anilines is 1. The lowest BCUT2D eigenvalue weighted by Gasteiger charge is -2.09. The minimum Gasteiger partial charge on any atom is -0.321 e. The first-order chi connectivity index (χ1) is 9.88. The normalized spacial score (nSPS) is 10.2. The van der Waals surface area contributed by atoms with Crippen LogP contribution in [-0.2, 0) is 0 Å². The molecule has 0 radical (unpaired) electrons. The maximum Gasteiger partial charge on any atom is 0.282 e. The number of nitrogens with one attached hydrogen (secondary N) is 1. The zero-order valence-electron chi connectivity index (χ0n) is 10.9. The maximum atomic E-state index is 12.3. The number of aryl methyl sites for hydroxylation is 1. The molecule has 0 saturated heterocycles. The molecule has 2 aromatic carbocycles. The van der Waals surface area contributed by atoms with E-state index in [-0.39, 0.29) is 16.3 Å². The van der Waals surface area contributed by atoms with Gasteiger partial charge in [-0.3, -0.25) is 14.9 Å². The third-order valence-electron chi connectivity index (χ3n) is 2.85. The van der Waals surface area contributed by atoms with Gasteiger partial charge in [0.2, 0.25) is 0 Å². The number of rotatable bonds is 3. The largest absolute Gasteiger partial charge is 0.321 e. The Balaban J connectivity index is 2.39. The van der Waals surface area contributed by atoms with E-state index >= 15 is 0 Å². The summed E-state index contributed by atoms with van der Waals surface area (Å²) in [7, 11) is 0. The van der Waals surface area contributed by atoms with Crippen molar-refractivity contribution in [2.24, 2.45) is 0 Å². The molecule has 5 nitrogen and oxygen atoms in total. The van der Waals surface area contributed by atoms with Crippen LogP contribution in [0, 0.1) is 17.0 Å². The fourth-order valence-corrected chi connectivity index (χ4v) is 2.30. The van der Waals surface area contributed by atoms with E-state index in [0.717, 1.165) is 10.0 Å². The fourth-order valence-electron chi connectivity index (χ4n) is 1.77. The molecule has 0 spiro atoms. The second-order valence-corrected chi connectivity index (χ2v) is 5.68. The summed E-state index contributed by atoms with van der Waals surface area (Å²) in [5.41, 5.74) is 1.05. The van der Waals surface area contributed by atoms with Gasteiger partial charge < -0.3 is 5.32 Å². The molecule has 2 rings (SSSR count). The molecule has 0 aliphatic rings. The van der Waals surface area contributed by atoms with Crippen molar-refractivity contribution in [2.75, 3.05) is 5.32 Å². The summed E-state index contributed by atoms with van der Waals surface area (Å²) in [6.07, 6.45) is 0. The number of hydrogen-bond donors (Lipinski definition) is 1. The zero-order valence-corrected chi connectivity index (χ0v) is 13.2. The standard InChI is InChI=1S/C14H10BrClN2O3/c1-8-2-3-9(15)6-12(8)17-14(19)11-7-10(16)4-5-13(11)18(20)21/h2-7H,1H3,(H,17,19). The van der Waals surface area contributed by atoms with Crippen LogP contribution < -0.4 is 5.32 Å². The van der Waals surface area contributed by atoms with E-state index in [4.69, 9.17) is 11.6 Å². The van der Waals surface area contributed by atoms with E-state index in [1.807, 2.05) is 19.1 Å². The third-order valence-corrected chi connectivity index (χ3v) is 3.58. The predicted molar refractivity (Wildman–Crippen MR) is 84.9 cm³/mol. The average molecular weight is 370 g/mol. The van der Waals surface area contributed by atoms with Gasteiger partial charge in [0.25, 0.3) is 11.6 Å². The summed E-state index contributed by atoms with van der Waals surface area (Å²) < 4.78 is 0.795. The molecular formula is C14H10BrClN2O3. The highest BCUT2D eigenvalue weighted by molar-refractivity contribution is 9.10. The Morgan fingerprint density at radius 1 is 1.29 bits per heavy atom. The van der Waals surface area contributed by atoms with Crippen molar-refractivity contribution in [1.82, 2.24) is 0 Å². The van der Waals surface area contributed by atoms with E-state index in [1.54, 1.807) is 6.07 Å². The topological polar surface area (TPSA) is 72.2 Å². The molecule has 0 bridgehead atoms. The first kappa shape index (κ1) is 15.5. The SMILES string of the molecule is Cc1ccc(Br)cc1NC(=O)c1cc(Cl)ccc1[N+](=O)[O-]. The molecule has 1 N–H and O–H groups in total. The molecule has 21 heavy (non-hydrogen) atoms. The Hall–Kier alpha value is -1.92.